The third-order valence-electron chi connectivity index (χ3n) is 5.03. The Kier molecular flexibility index (Phi) is 3.55. The van der Waals surface area contributed by atoms with Crippen molar-refractivity contribution in [3.8, 4) is 0 Å². The molecule has 1 aliphatic carbocycles. The van der Waals surface area contributed by atoms with Crippen molar-refractivity contribution in [2.24, 2.45) is 5.41 Å². The Morgan fingerprint density at radius 3 is 2.14 bits per heavy atom. The number of carbonyl (C=O) groups is 4. The van der Waals surface area contributed by atoms with Crippen LogP contribution in [0.4, 0.5) is 0 Å². The van der Waals surface area contributed by atoms with Gasteiger partial charge in [-0.15, -0.1) is 0 Å². The molecular formula is C15H20N2O4. The number of nitrogens with one attached hydrogen (secondary N) is 1. The SMILES string of the molecule is O=C1CCC(N2C(=O)CC3(CCCCC3)CC2=O)C(=O)N1. The Labute approximate surface area is 123 Å². The fourth-order valence-corrected chi connectivity index (χ4v) is 3.94. The molecule has 21 heavy (non-hydrogen) atoms. The number of rotatable bonds is 1. The highest BCUT2D eigenvalue weighted by Gasteiger charge is 2.48. The van der Waals surface area contributed by atoms with Crippen LogP contribution in [0.3, 0.4) is 0 Å². The van der Waals surface area contributed by atoms with Crippen LogP contribution in [0.5, 0.6) is 0 Å². The molecule has 2 saturated heterocycles. The van der Waals surface area contributed by atoms with E-state index in [1.165, 1.54) is 6.42 Å². The van der Waals surface area contributed by atoms with E-state index in [9.17, 15) is 19.2 Å². The summed E-state index contributed by atoms with van der Waals surface area (Å²) in [6.07, 6.45) is 6.29. The summed E-state index contributed by atoms with van der Waals surface area (Å²) in [5, 5.41) is 2.21. The normalized spacial score (nSPS) is 29.7. The number of hydrogen-bond donors (Lipinski definition) is 1. The fourth-order valence-electron chi connectivity index (χ4n) is 3.94. The van der Waals surface area contributed by atoms with Gasteiger partial charge in [-0.2, -0.15) is 0 Å². The number of imide groups is 2. The molecule has 2 aliphatic heterocycles. The van der Waals surface area contributed by atoms with E-state index in [0.717, 1.165) is 30.6 Å². The number of hydrogen-bond acceptors (Lipinski definition) is 4. The molecule has 1 saturated carbocycles. The Morgan fingerprint density at radius 1 is 0.952 bits per heavy atom. The summed E-state index contributed by atoms with van der Waals surface area (Å²) in [6.45, 7) is 0. The van der Waals surface area contributed by atoms with Crippen molar-refractivity contribution in [1.82, 2.24) is 10.2 Å². The first kappa shape index (κ1) is 14.2. The molecule has 0 aromatic heterocycles. The summed E-state index contributed by atoms with van der Waals surface area (Å²) >= 11 is 0. The highest BCUT2D eigenvalue weighted by molar-refractivity contribution is 6.07. The maximum atomic E-state index is 12.4. The van der Waals surface area contributed by atoms with Gasteiger partial charge >= 0.3 is 0 Å². The lowest BCUT2D eigenvalue weighted by Crippen LogP contribution is -2.59. The highest BCUT2D eigenvalue weighted by atomic mass is 16.2. The van der Waals surface area contributed by atoms with E-state index in [1.807, 2.05) is 0 Å². The van der Waals surface area contributed by atoms with Crippen LogP contribution >= 0.6 is 0 Å². The van der Waals surface area contributed by atoms with Gasteiger partial charge in [0.15, 0.2) is 0 Å². The first-order chi connectivity index (χ1) is 10.0. The van der Waals surface area contributed by atoms with Crippen molar-refractivity contribution in [2.45, 2.75) is 63.8 Å². The van der Waals surface area contributed by atoms with E-state index in [-0.39, 0.29) is 36.0 Å². The highest BCUT2D eigenvalue weighted by Crippen LogP contribution is 2.45. The molecule has 0 bridgehead atoms. The third kappa shape index (κ3) is 2.59. The summed E-state index contributed by atoms with van der Waals surface area (Å²) in [6, 6.07) is -0.802. The quantitative estimate of drug-likeness (QED) is 0.728. The predicted molar refractivity (Wildman–Crippen MR) is 72.8 cm³/mol. The molecule has 6 heteroatoms. The molecule has 114 valence electrons. The maximum Gasteiger partial charge on any atom is 0.249 e. The second-order valence-corrected chi connectivity index (χ2v) is 6.54. The van der Waals surface area contributed by atoms with Gasteiger partial charge in [-0.1, -0.05) is 19.3 Å². The Morgan fingerprint density at radius 2 is 1.57 bits per heavy atom. The van der Waals surface area contributed by atoms with E-state index in [1.54, 1.807) is 0 Å². The summed E-state index contributed by atoms with van der Waals surface area (Å²) < 4.78 is 0. The van der Waals surface area contributed by atoms with Crippen molar-refractivity contribution in [1.29, 1.82) is 0 Å². The van der Waals surface area contributed by atoms with Crippen LogP contribution < -0.4 is 5.32 Å². The molecule has 3 fully saturated rings. The van der Waals surface area contributed by atoms with Gasteiger partial charge in [0, 0.05) is 19.3 Å². The molecular weight excluding hydrogens is 272 g/mol. The average molecular weight is 292 g/mol. The number of carbonyl (C=O) groups excluding carboxylic acids is 4. The minimum atomic E-state index is -0.802. The standard InChI is InChI=1S/C15H20N2O4/c18-11-5-4-10(14(21)16-11)17-12(19)8-15(9-13(17)20)6-2-1-3-7-15/h10H,1-9H2,(H,16,18,21). The smallest absolute Gasteiger partial charge is 0.249 e. The van der Waals surface area contributed by atoms with Gasteiger partial charge in [0.25, 0.3) is 0 Å². The number of likely N-dealkylation sites (tertiary alicyclic amines) is 1. The predicted octanol–water partition coefficient (Wildman–Crippen LogP) is 0.891. The Bertz CT molecular complexity index is 488. The molecule has 1 spiro atoms. The van der Waals surface area contributed by atoms with Gasteiger partial charge in [-0.05, 0) is 24.7 Å². The van der Waals surface area contributed by atoms with Crippen molar-refractivity contribution in [3.05, 3.63) is 0 Å². The second-order valence-electron chi connectivity index (χ2n) is 6.54. The zero-order valence-corrected chi connectivity index (χ0v) is 12.0. The van der Waals surface area contributed by atoms with E-state index >= 15 is 0 Å². The lowest BCUT2D eigenvalue weighted by molar-refractivity contribution is -0.163. The second kappa shape index (κ2) is 5.24. The molecule has 0 radical (unpaired) electrons. The number of amides is 4. The maximum absolute atomic E-state index is 12.4. The zero-order valence-electron chi connectivity index (χ0n) is 12.0. The Hall–Kier alpha value is -1.72. The summed E-state index contributed by atoms with van der Waals surface area (Å²) in [4.78, 5) is 49.1. The topological polar surface area (TPSA) is 83.6 Å². The van der Waals surface area contributed by atoms with Crippen LogP contribution in [-0.2, 0) is 19.2 Å². The Balaban J connectivity index is 1.76. The van der Waals surface area contributed by atoms with Crippen molar-refractivity contribution >= 4 is 23.6 Å². The van der Waals surface area contributed by atoms with Gasteiger partial charge in [-0.3, -0.25) is 29.4 Å². The fraction of sp³-hybridized carbons (Fsp3) is 0.733. The third-order valence-corrected chi connectivity index (χ3v) is 5.03. The minimum absolute atomic E-state index is 0.177. The lowest BCUT2D eigenvalue weighted by atomic mass is 9.67. The molecule has 1 N–H and O–H groups in total. The van der Waals surface area contributed by atoms with Crippen molar-refractivity contribution in [2.75, 3.05) is 0 Å². The van der Waals surface area contributed by atoms with Crippen molar-refractivity contribution in [3.63, 3.8) is 0 Å². The zero-order chi connectivity index (χ0) is 15.0. The van der Waals surface area contributed by atoms with Crippen LogP contribution in [0.2, 0.25) is 0 Å². The molecule has 1 atom stereocenters. The van der Waals surface area contributed by atoms with E-state index in [4.69, 9.17) is 0 Å². The van der Waals surface area contributed by atoms with Gasteiger partial charge in [-0.25, -0.2) is 0 Å². The first-order valence-electron chi connectivity index (χ1n) is 7.69. The molecule has 0 aromatic carbocycles. The summed E-state index contributed by atoms with van der Waals surface area (Å²) in [5.74, 6) is -1.35. The molecule has 6 nitrogen and oxygen atoms in total. The van der Waals surface area contributed by atoms with Gasteiger partial charge in [0.2, 0.25) is 23.6 Å². The van der Waals surface area contributed by atoms with Gasteiger partial charge < -0.3 is 0 Å². The van der Waals surface area contributed by atoms with Crippen LogP contribution in [0.1, 0.15) is 57.8 Å². The molecule has 1 unspecified atom stereocenters. The lowest BCUT2D eigenvalue weighted by Gasteiger charge is -2.44. The largest absolute Gasteiger partial charge is 0.295 e. The first-order valence-corrected chi connectivity index (χ1v) is 7.69. The van der Waals surface area contributed by atoms with E-state index < -0.39 is 11.9 Å². The summed E-state index contributed by atoms with van der Waals surface area (Å²) in [7, 11) is 0. The minimum Gasteiger partial charge on any atom is -0.295 e. The molecule has 3 aliphatic rings. The van der Waals surface area contributed by atoms with Crippen molar-refractivity contribution < 1.29 is 19.2 Å². The average Bonchev–Trinajstić information content (AvgIpc) is 2.41. The molecule has 4 amide bonds. The van der Waals surface area contributed by atoms with Gasteiger partial charge in [0.05, 0.1) is 0 Å². The van der Waals surface area contributed by atoms with Crippen LogP contribution in [0.15, 0.2) is 0 Å². The number of nitrogens with zero attached hydrogens (tertiary/aromatic N) is 1. The summed E-state index contributed by atoms with van der Waals surface area (Å²) in [5.41, 5.74) is -0.177. The van der Waals surface area contributed by atoms with E-state index in [2.05, 4.69) is 5.32 Å². The molecule has 3 rings (SSSR count). The van der Waals surface area contributed by atoms with Crippen LogP contribution in [0, 0.1) is 5.41 Å². The van der Waals surface area contributed by atoms with E-state index in [0.29, 0.717) is 12.8 Å². The number of piperidine rings is 2. The molecule has 2 heterocycles. The van der Waals surface area contributed by atoms with Crippen LogP contribution in [-0.4, -0.2) is 34.6 Å². The monoisotopic (exact) mass is 292 g/mol. The van der Waals surface area contributed by atoms with Gasteiger partial charge in [0.1, 0.15) is 6.04 Å². The molecule has 0 aromatic rings. The van der Waals surface area contributed by atoms with Crippen LogP contribution in [0.25, 0.3) is 0 Å².